The summed E-state index contributed by atoms with van der Waals surface area (Å²) >= 11 is 1.27. The van der Waals surface area contributed by atoms with Crippen LogP contribution >= 0.6 is 11.8 Å². The second-order valence-electron chi connectivity index (χ2n) is 7.62. The predicted octanol–water partition coefficient (Wildman–Crippen LogP) is 3.28. The Morgan fingerprint density at radius 2 is 1.56 bits per heavy atom. The van der Waals surface area contributed by atoms with Crippen LogP contribution in [0.5, 0.6) is 23.0 Å². The monoisotopic (exact) mass is 509 g/mol. The van der Waals surface area contributed by atoms with Crippen molar-refractivity contribution in [2.24, 2.45) is 0 Å². The van der Waals surface area contributed by atoms with Crippen LogP contribution in [0, 0.1) is 0 Å². The smallest absolute Gasteiger partial charge is 0.230 e. The molecule has 10 nitrogen and oxygen atoms in total. The van der Waals surface area contributed by atoms with Gasteiger partial charge in [0.05, 0.1) is 39.9 Å². The van der Waals surface area contributed by atoms with Crippen molar-refractivity contribution in [1.82, 2.24) is 25.1 Å². The lowest BCUT2D eigenvalue weighted by molar-refractivity contribution is -0.118. The molecule has 11 heteroatoms. The number of hydrogen-bond donors (Lipinski definition) is 1. The molecule has 2 heterocycles. The molecule has 4 rings (SSSR count). The standard InChI is InChI=1S/C25H27N5O5S/c1-32-19-8-5-16(13-21(19)34-3)11-12-26-24(31)15-36-25-28-27-23-10-7-18(29-30(23)25)17-6-9-20(33-2)22(14-17)35-4/h5-10,13-14H,11-12,15H2,1-4H3,(H,26,31). The summed E-state index contributed by atoms with van der Waals surface area (Å²) in [7, 11) is 6.38. The van der Waals surface area contributed by atoms with Crippen LogP contribution in [0.2, 0.25) is 0 Å². The Labute approximate surface area is 212 Å². The third kappa shape index (κ3) is 5.62. The summed E-state index contributed by atoms with van der Waals surface area (Å²) in [5, 5.41) is 16.5. The van der Waals surface area contributed by atoms with Gasteiger partial charge in [-0.15, -0.1) is 10.2 Å². The fourth-order valence-electron chi connectivity index (χ4n) is 3.57. The maximum Gasteiger partial charge on any atom is 0.230 e. The first-order chi connectivity index (χ1) is 17.6. The number of thioether (sulfide) groups is 1. The van der Waals surface area contributed by atoms with Crippen LogP contribution in [0.4, 0.5) is 0 Å². The van der Waals surface area contributed by atoms with E-state index in [2.05, 4.69) is 20.6 Å². The van der Waals surface area contributed by atoms with E-state index in [-0.39, 0.29) is 11.7 Å². The van der Waals surface area contributed by atoms with Gasteiger partial charge < -0.3 is 24.3 Å². The predicted molar refractivity (Wildman–Crippen MR) is 136 cm³/mol. The average molecular weight is 510 g/mol. The van der Waals surface area contributed by atoms with Crippen LogP contribution in [0.1, 0.15) is 5.56 Å². The number of fused-ring (bicyclic) bond motifs is 1. The van der Waals surface area contributed by atoms with E-state index in [1.54, 1.807) is 33.0 Å². The topological polar surface area (TPSA) is 109 Å². The highest BCUT2D eigenvalue weighted by Crippen LogP contribution is 2.32. The lowest BCUT2D eigenvalue weighted by Crippen LogP contribution is -2.27. The zero-order valence-corrected chi connectivity index (χ0v) is 21.3. The van der Waals surface area contributed by atoms with Crippen molar-refractivity contribution in [2.75, 3.05) is 40.7 Å². The van der Waals surface area contributed by atoms with Gasteiger partial charge in [0.25, 0.3) is 0 Å². The highest BCUT2D eigenvalue weighted by Gasteiger charge is 2.13. The SMILES string of the molecule is COc1ccc(CCNC(=O)CSc2nnc3ccc(-c4ccc(OC)c(OC)c4)nn23)cc1OC. The summed E-state index contributed by atoms with van der Waals surface area (Å²) < 4.78 is 22.9. The highest BCUT2D eigenvalue weighted by molar-refractivity contribution is 7.99. The van der Waals surface area contributed by atoms with E-state index in [0.29, 0.717) is 52.5 Å². The fraction of sp³-hybridized carbons (Fsp3) is 0.280. The van der Waals surface area contributed by atoms with Crippen LogP contribution in [0.15, 0.2) is 53.7 Å². The Balaban J connectivity index is 1.37. The molecule has 1 N–H and O–H groups in total. The maximum atomic E-state index is 12.4. The molecular formula is C25H27N5O5S. The third-order valence-electron chi connectivity index (χ3n) is 5.43. The fourth-order valence-corrected chi connectivity index (χ4v) is 4.29. The molecule has 0 unspecified atom stereocenters. The summed E-state index contributed by atoms with van der Waals surface area (Å²) in [5.74, 6) is 2.67. The zero-order chi connectivity index (χ0) is 25.5. The normalized spacial score (nSPS) is 10.8. The first kappa shape index (κ1) is 25.1. The molecule has 0 aliphatic heterocycles. The molecule has 1 amide bonds. The molecule has 0 fully saturated rings. The minimum atomic E-state index is -0.103. The molecule has 2 aromatic heterocycles. The van der Waals surface area contributed by atoms with E-state index in [0.717, 1.165) is 11.1 Å². The zero-order valence-electron chi connectivity index (χ0n) is 20.5. The Morgan fingerprint density at radius 3 is 2.28 bits per heavy atom. The van der Waals surface area contributed by atoms with E-state index >= 15 is 0 Å². The molecule has 0 aliphatic carbocycles. The second kappa shape index (κ2) is 11.6. The van der Waals surface area contributed by atoms with Crippen LogP contribution < -0.4 is 24.3 Å². The summed E-state index contributed by atoms with van der Waals surface area (Å²) in [5.41, 5.74) is 3.20. The molecule has 36 heavy (non-hydrogen) atoms. The van der Waals surface area contributed by atoms with E-state index in [4.69, 9.17) is 18.9 Å². The van der Waals surface area contributed by atoms with Gasteiger partial charge >= 0.3 is 0 Å². The first-order valence-corrected chi connectivity index (χ1v) is 12.1. The number of carbonyl (C=O) groups excluding carboxylic acids is 1. The largest absolute Gasteiger partial charge is 0.493 e. The number of ether oxygens (including phenoxy) is 4. The quantitative estimate of drug-likeness (QED) is 0.305. The van der Waals surface area contributed by atoms with Crippen molar-refractivity contribution in [3.05, 3.63) is 54.1 Å². The lowest BCUT2D eigenvalue weighted by atomic mass is 10.1. The van der Waals surface area contributed by atoms with Crippen LogP contribution in [-0.2, 0) is 11.2 Å². The van der Waals surface area contributed by atoms with Gasteiger partial charge in [0.1, 0.15) is 0 Å². The van der Waals surface area contributed by atoms with Gasteiger partial charge in [-0.2, -0.15) is 9.61 Å². The number of amides is 1. The van der Waals surface area contributed by atoms with Gasteiger partial charge in [0, 0.05) is 12.1 Å². The number of nitrogens with one attached hydrogen (secondary N) is 1. The van der Waals surface area contributed by atoms with E-state index < -0.39 is 0 Å². The van der Waals surface area contributed by atoms with Gasteiger partial charge in [-0.1, -0.05) is 17.8 Å². The summed E-state index contributed by atoms with van der Waals surface area (Å²) in [4.78, 5) is 12.4. The summed E-state index contributed by atoms with van der Waals surface area (Å²) in [6.45, 7) is 0.497. The van der Waals surface area contributed by atoms with Crippen molar-refractivity contribution in [3.8, 4) is 34.3 Å². The van der Waals surface area contributed by atoms with Gasteiger partial charge in [-0.25, -0.2) is 0 Å². The van der Waals surface area contributed by atoms with Crippen LogP contribution in [0.25, 0.3) is 16.9 Å². The van der Waals surface area contributed by atoms with Crippen molar-refractivity contribution in [2.45, 2.75) is 11.6 Å². The van der Waals surface area contributed by atoms with E-state index in [1.807, 2.05) is 48.5 Å². The van der Waals surface area contributed by atoms with Gasteiger partial charge in [-0.05, 0) is 54.4 Å². The number of methoxy groups -OCH3 is 4. The Bertz CT molecular complexity index is 1360. The lowest BCUT2D eigenvalue weighted by Gasteiger charge is -2.10. The average Bonchev–Trinajstić information content (AvgIpc) is 3.33. The van der Waals surface area contributed by atoms with Crippen LogP contribution in [-0.4, -0.2) is 66.5 Å². The van der Waals surface area contributed by atoms with Gasteiger partial charge in [0.15, 0.2) is 28.6 Å². The molecule has 0 bridgehead atoms. The van der Waals surface area contributed by atoms with E-state index in [1.165, 1.54) is 11.8 Å². The molecule has 0 aliphatic rings. The number of carbonyl (C=O) groups is 1. The third-order valence-corrected chi connectivity index (χ3v) is 6.35. The minimum Gasteiger partial charge on any atom is -0.493 e. The van der Waals surface area contributed by atoms with Crippen molar-refractivity contribution in [1.29, 1.82) is 0 Å². The Kier molecular flexibility index (Phi) is 8.11. The molecule has 188 valence electrons. The highest BCUT2D eigenvalue weighted by atomic mass is 32.2. The number of benzene rings is 2. The summed E-state index contributed by atoms with van der Waals surface area (Å²) in [6.07, 6.45) is 0.668. The Hall–Kier alpha value is -3.99. The molecule has 0 saturated heterocycles. The van der Waals surface area contributed by atoms with Crippen LogP contribution in [0.3, 0.4) is 0 Å². The number of nitrogens with zero attached hydrogens (tertiary/aromatic N) is 4. The Morgan fingerprint density at radius 1 is 0.861 bits per heavy atom. The van der Waals surface area contributed by atoms with Crippen molar-refractivity contribution >= 4 is 23.3 Å². The van der Waals surface area contributed by atoms with Crippen molar-refractivity contribution in [3.63, 3.8) is 0 Å². The molecule has 0 spiro atoms. The number of hydrogen-bond acceptors (Lipinski definition) is 9. The first-order valence-electron chi connectivity index (χ1n) is 11.1. The number of rotatable bonds is 11. The molecule has 0 atom stereocenters. The molecular weight excluding hydrogens is 482 g/mol. The molecule has 0 radical (unpaired) electrons. The van der Waals surface area contributed by atoms with Gasteiger partial charge in [-0.3, -0.25) is 4.79 Å². The van der Waals surface area contributed by atoms with Gasteiger partial charge in [0.2, 0.25) is 11.1 Å². The maximum absolute atomic E-state index is 12.4. The molecule has 2 aromatic carbocycles. The van der Waals surface area contributed by atoms with E-state index in [9.17, 15) is 4.79 Å². The molecule has 4 aromatic rings. The number of aromatic nitrogens is 4. The molecule has 0 saturated carbocycles. The second-order valence-corrected chi connectivity index (χ2v) is 8.56. The summed E-state index contributed by atoms with van der Waals surface area (Å²) in [6, 6.07) is 15.0. The minimum absolute atomic E-state index is 0.103. The van der Waals surface area contributed by atoms with Crippen molar-refractivity contribution < 1.29 is 23.7 Å².